The summed E-state index contributed by atoms with van der Waals surface area (Å²) < 4.78 is 5.71. The van der Waals surface area contributed by atoms with Gasteiger partial charge in [-0.25, -0.2) is 0 Å². The van der Waals surface area contributed by atoms with Crippen molar-refractivity contribution in [3.63, 3.8) is 0 Å². The van der Waals surface area contributed by atoms with Crippen molar-refractivity contribution < 1.29 is 19.4 Å². The van der Waals surface area contributed by atoms with Crippen LogP contribution in [0.1, 0.15) is 39.0 Å². The van der Waals surface area contributed by atoms with Crippen molar-refractivity contribution in [1.82, 2.24) is 5.32 Å². The van der Waals surface area contributed by atoms with E-state index in [2.05, 4.69) is 5.32 Å². The second-order valence-corrected chi connectivity index (χ2v) is 6.35. The first kappa shape index (κ1) is 12.9. The third-order valence-corrected chi connectivity index (χ3v) is 4.89. The Labute approximate surface area is 112 Å². The molecule has 0 aromatic heterocycles. The van der Waals surface area contributed by atoms with Crippen LogP contribution in [0.5, 0.6) is 0 Å². The van der Waals surface area contributed by atoms with Crippen LogP contribution in [0.15, 0.2) is 0 Å². The molecule has 0 aromatic carbocycles. The van der Waals surface area contributed by atoms with E-state index in [9.17, 15) is 14.7 Å². The SMILES string of the molecule is CC1CC(C(=O)O)C(C(=O)NC2CC3CCC2O3)C1. The zero-order valence-electron chi connectivity index (χ0n) is 11.2. The Morgan fingerprint density at radius 3 is 2.47 bits per heavy atom. The van der Waals surface area contributed by atoms with Crippen molar-refractivity contribution in [1.29, 1.82) is 0 Å². The molecule has 0 radical (unpaired) electrons. The van der Waals surface area contributed by atoms with Gasteiger partial charge in [-0.15, -0.1) is 0 Å². The normalized spacial score (nSPS) is 44.5. The van der Waals surface area contributed by atoms with Crippen molar-refractivity contribution in [2.75, 3.05) is 0 Å². The molecule has 3 aliphatic rings. The number of hydrogen-bond donors (Lipinski definition) is 2. The number of fused-ring (bicyclic) bond motifs is 2. The van der Waals surface area contributed by atoms with Crippen LogP contribution in [-0.4, -0.2) is 35.2 Å². The molecule has 3 fully saturated rings. The number of carboxylic acids is 1. The van der Waals surface area contributed by atoms with Gasteiger partial charge in [-0.05, 0) is 38.0 Å². The Balaban J connectivity index is 1.62. The monoisotopic (exact) mass is 267 g/mol. The molecule has 6 unspecified atom stereocenters. The average molecular weight is 267 g/mol. The summed E-state index contributed by atoms with van der Waals surface area (Å²) >= 11 is 0. The molecule has 2 heterocycles. The first-order chi connectivity index (χ1) is 9.04. The zero-order chi connectivity index (χ0) is 13.6. The van der Waals surface area contributed by atoms with Gasteiger partial charge in [-0.1, -0.05) is 6.92 Å². The number of aliphatic carboxylic acids is 1. The van der Waals surface area contributed by atoms with E-state index in [0.29, 0.717) is 24.9 Å². The molecule has 0 aromatic rings. The highest BCUT2D eigenvalue weighted by atomic mass is 16.5. The number of carbonyl (C=O) groups excluding carboxylic acids is 1. The van der Waals surface area contributed by atoms with E-state index in [1.54, 1.807) is 0 Å². The standard InChI is InChI=1S/C14H21NO4/c1-7-4-9(10(5-7)14(17)18)13(16)15-11-6-8-2-3-12(11)19-8/h7-12H,2-6H2,1H3,(H,15,16)(H,17,18). The van der Waals surface area contributed by atoms with Gasteiger partial charge < -0.3 is 15.2 Å². The molecular formula is C14H21NO4. The molecule has 5 heteroatoms. The number of nitrogens with one attached hydrogen (secondary N) is 1. The van der Waals surface area contributed by atoms with Gasteiger partial charge in [-0.3, -0.25) is 9.59 Å². The number of carboxylic acid groups (broad SMARTS) is 1. The van der Waals surface area contributed by atoms with E-state index in [4.69, 9.17) is 4.74 Å². The van der Waals surface area contributed by atoms with Crippen LogP contribution in [0.3, 0.4) is 0 Å². The maximum Gasteiger partial charge on any atom is 0.307 e. The number of ether oxygens (including phenoxy) is 1. The molecule has 2 saturated heterocycles. The average Bonchev–Trinajstić information content (AvgIpc) is 3.02. The number of carbonyl (C=O) groups is 2. The van der Waals surface area contributed by atoms with Gasteiger partial charge >= 0.3 is 5.97 Å². The number of rotatable bonds is 3. The van der Waals surface area contributed by atoms with E-state index >= 15 is 0 Å². The third kappa shape index (κ3) is 2.36. The topological polar surface area (TPSA) is 75.6 Å². The molecule has 2 bridgehead atoms. The van der Waals surface area contributed by atoms with Gasteiger partial charge in [0, 0.05) is 0 Å². The van der Waals surface area contributed by atoms with Crippen molar-refractivity contribution in [3.05, 3.63) is 0 Å². The summed E-state index contributed by atoms with van der Waals surface area (Å²) in [5.74, 6) is -1.50. The fourth-order valence-electron chi connectivity index (χ4n) is 3.93. The predicted molar refractivity (Wildman–Crippen MR) is 67.5 cm³/mol. The zero-order valence-corrected chi connectivity index (χ0v) is 11.2. The number of hydrogen-bond acceptors (Lipinski definition) is 3. The number of amides is 1. The molecule has 1 amide bonds. The Kier molecular flexibility index (Phi) is 3.25. The van der Waals surface area contributed by atoms with Gasteiger partial charge in [0.05, 0.1) is 30.1 Å². The largest absolute Gasteiger partial charge is 0.481 e. The van der Waals surface area contributed by atoms with Crippen LogP contribution in [0, 0.1) is 17.8 Å². The van der Waals surface area contributed by atoms with Crippen LogP contribution in [0.2, 0.25) is 0 Å². The lowest BCUT2D eigenvalue weighted by Crippen LogP contribution is -2.45. The smallest absolute Gasteiger partial charge is 0.307 e. The van der Waals surface area contributed by atoms with Crippen molar-refractivity contribution in [2.24, 2.45) is 17.8 Å². The maximum atomic E-state index is 12.3. The molecule has 3 rings (SSSR count). The molecule has 106 valence electrons. The summed E-state index contributed by atoms with van der Waals surface area (Å²) in [6, 6.07) is 0.0941. The quantitative estimate of drug-likeness (QED) is 0.805. The van der Waals surface area contributed by atoms with Crippen LogP contribution < -0.4 is 5.32 Å². The Bertz CT molecular complexity index is 397. The molecule has 5 nitrogen and oxygen atoms in total. The molecule has 2 N–H and O–H groups in total. The van der Waals surface area contributed by atoms with E-state index in [1.165, 1.54) is 0 Å². The second-order valence-electron chi connectivity index (χ2n) is 6.35. The van der Waals surface area contributed by atoms with E-state index in [1.807, 2.05) is 6.92 Å². The summed E-state index contributed by atoms with van der Waals surface area (Å²) in [5.41, 5.74) is 0. The lowest BCUT2D eigenvalue weighted by molar-refractivity contribution is -0.146. The summed E-state index contributed by atoms with van der Waals surface area (Å²) in [7, 11) is 0. The third-order valence-electron chi connectivity index (χ3n) is 4.89. The molecule has 0 spiro atoms. The van der Waals surface area contributed by atoms with Gasteiger partial charge in [0.25, 0.3) is 0 Å². The summed E-state index contributed by atoms with van der Waals surface area (Å²) in [4.78, 5) is 23.5. The minimum Gasteiger partial charge on any atom is -0.481 e. The lowest BCUT2D eigenvalue weighted by atomic mass is 9.92. The Morgan fingerprint density at radius 2 is 1.89 bits per heavy atom. The summed E-state index contributed by atoms with van der Waals surface area (Å²) in [5, 5.41) is 12.2. The molecule has 19 heavy (non-hydrogen) atoms. The second kappa shape index (κ2) is 4.78. The molecule has 6 atom stereocenters. The lowest BCUT2D eigenvalue weighted by Gasteiger charge is -2.23. The molecule has 1 aliphatic carbocycles. The van der Waals surface area contributed by atoms with Crippen LogP contribution in [0.25, 0.3) is 0 Å². The molecule has 2 aliphatic heterocycles. The fourth-order valence-corrected chi connectivity index (χ4v) is 3.93. The molecule has 1 saturated carbocycles. The van der Waals surface area contributed by atoms with Crippen molar-refractivity contribution in [3.8, 4) is 0 Å². The predicted octanol–water partition coefficient (Wildman–Crippen LogP) is 1.17. The summed E-state index contributed by atoms with van der Waals surface area (Å²) in [6.07, 6.45) is 4.74. The highest BCUT2D eigenvalue weighted by molar-refractivity contribution is 5.85. The Hall–Kier alpha value is -1.10. The van der Waals surface area contributed by atoms with Crippen LogP contribution in [0.4, 0.5) is 0 Å². The molecular weight excluding hydrogens is 246 g/mol. The highest BCUT2D eigenvalue weighted by Crippen LogP contribution is 2.38. The highest BCUT2D eigenvalue weighted by Gasteiger charge is 2.45. The van der Waals surface area contributed by atoms with Gasteiger partial charge in [0.2, 0.25) is 5.91 Å². The first-order valence-electron chi connectivity index (χ1n) is 7.23. The van der Waals surface area contributed by atoms with E-state index in [0.717, 1.165) is 19.3 Å². The van der Waals surface area contributed by atoms with Gasteiger partial charge in [0.15, 0.2) is 0 Å². The van der Waals surface area contributed by atoms with Crippen molar-refractivity contribution in [2.45, 2.75) is 57.3 Å². The summed E-state index contributed by atoms with van der Waals surface area (Å²) in [6.45, 7) is 2.02. The Morgan fingerprint density at radius 1 is 1.16 bits per heavy atom. The minimum atomic E-state index is -0.839. The van der Waals surface area contributed by atoms with Crippen LogP contribution >= 0.6 is 0 Å². The van der Waals surface area contributed by atoms with Crippen LogP contribution in [-0.2, 0) is 14.3 Å². The minimum absolute atomic E-state index is 0.0853. The maximum absolute atomic E-state index is 12.3. The first-order valence-corrected chi connectivity index (χ1v) is 7.23. The van der Waals surface area contributed by atoms with Gasteiger partial charge in [0.1, 0.15) is 0 Å². The van der Waals surface area contributed by atoms with E-state index in [-0.39, 0.29) is 24.0 Å². The van der Waals surface area contributed by atoms with Crippen molar-refractivity contribution >= 4 is 11.9 Å². The van der Waals surface area contributed by atoms with Gasteiger partial charge in [-0.2, -0.15) is 0 Å². The van der Waals surface area contributed by atoms with E-state index < -0.39 is 11.9 Å². The fraction of sp³-hybridized carbons (Fsp3) is 0.857.